The summed E-state index contributed by atoms with van der Waals surface area (Å²) in [7, 11) is 0. The zero-order valence-electron chi connectivity index (χ0n) is 24.8. The van der Waals surface area contributed by atoms with E-state index in [1.165, 1.54) is 86.6 Å². The van der Waals surface area contributed by atoms with Crippen LogP contribution < -0.4 is 0 Å². The Morgan fingerprint density at radius 2 is 0.978 bits per heavy atom. The van der Waals surface area contributed by atoms with Crippen LogP contribution in [0.5, 0.6) is 0 Å². The Kier molecular flexibility index (Phi) is 6.25. The van der Waals surface area contributed by atoms with E-state index in [0.717, 1.165) is 12.8 Å². The summed E-state index contributed by atoms with van der Waals surface area (Å²) < 4.78 is 2.69. The maximum atomic E-state index is 2.43. The molecular formula is C44H30S. The molecule has 9 rings (SSSR count). The van der Waals surface area contributed by atoms with Crippen LogP contribution in [0.15, 0.2) is 152 Å². The van der Waals surface area contributed by atoms with E-state index < -0.39 is 0 Å². The quantitative estimate of drug-likeness (QED) is 0.191. The lowest BCUT2D eigenvalue weighted by molar-refractivity contribution is 0.991. The molecule has 0 N–H and O–H groups in total. The average Bonchev–Trinajstić information content (AvgIpc) is 3.49. The van der Waals surface area contributed by atoms with E-state index in [2.05, 4.69) is 158 Å². The molecule has 0 amide bonds. The van der Waals surface area contributed by atoms with Crippen LogP contribution in [-0.4, -0.2) is 0 Å². The molecule has 0 saturated heterocycles. The number of benzene rings is 7. The third-order valence-corrected chi connectivity index (χ3v) is 10.5. The molecule has 45 heavy (non-hydrogen) atoms. The lowest BCUT2D eigenvalue weighted by Crippen LogP contribution is -2.03. The first kappa shape index (κ1) is 26.2. The number of hydrogen-bond donors (Lipinski definition) is 0. The third kappa shape index (κ3) is 4.43. The second-order valence-corrected chi connectivity index (χ2v) is 13.1. The standard InChI is InChI=1S/C44H30S/c1-3-13-29(14-4-1)32-25-33(30-15-5-2-6-16-30)27-34(26-32)44-38-20-9-7-18-36(38)43(37-19-8-10-21-39(37)44)31-23-24-42-40(28-31)35-17-11-12-22-41(35)45-42/h1-9,11-20,22-28H,10,21H2. The minimum atomic E-state index is 1.03. The molecule has 1 aliphatic rings. The molecule has 0 bridgehead atoms. The van der Waals surface area contributed by atoms with Gasteiger partial charge < -0.3 is 0 Å². The normalized spacial score (nSPS) is 12.6. The summed E-state index contributed by atoms with van der Waals surface area (Å²) in [5.74, 6) is 0. The number of fused-ring (bicyclic) bond motifs is 5. The van der Waals surface area contributed by atoms with Crippen molar-refractivity contribution in [2.75, 3.05) is 0 Å². The van der Waals surface area contributed by atoms with Gasteiger partial charge in [0.15, 0.2) is 0 Å². The van der Waals surface area contributed by atoms with Crippen molar-refractivity contribution in [3.63, 3.8) is 0 Å². The van der Waals surface area contributed by atoms with Gasteiger partial charge in [-0.25, -0.2) is 0 Å². The minimum absolute atomic E-state index is 1.03. The number of rotatable bonds is 4. The number of hydrogen-bond acceptors (Lipinski definition) is 1. The predicted molar refractivity (Wildman–Crippen MR) is 196 cm³/mol. The molecule has 1 heteroatoms. The highest BCUT2D eigenvalue weighted by atomic mass is 32.1. The Bertz CT molecular complexity index is 2350. The predicted octanol–water partition coefficient (Wildman–Crippen LogP) is 12.8. The Balaban J connectivity index is 1.34. The fourth-order valence-corrected chi connectivity index (χ4v) is 8.36. The topological polar surface area (TPSA) is 0 Å². The molecule has 0 unspecified atom stereocenters. The van der Waals surface area contributed by atoms with Crippen LogP contribution in [-0.2, 0) is 6.42 Å². The lowest BCUT2D eigenvalue weighted by Gasteiger charge is -2.24. The van der Waals surface area contributed by atoms with Gasteiger partial charge in [0.1, 0.15) is 0 Å². The SMILES string of the molecule is C1=Cc2c(c(-c3cc(-c4ccccc4)cc(-c4ccccc4)c3)c3ccccc3c2-c2ccc3sc4ccccc4c3c2)CC1. The number of allylic oxidation sites excluding steroid dienone is 1. The van der Waals surface area contributed by atoms with Crippen LogP contribution >= 0.6 is 11.3 Å². The zero-order valence-corrected chi connectivity index (χ0v) is 25.7. The zero-order chi connectivity index (χ0) is 29.7. The molecule has 8 aromatic rings. The second-order valence-electron chi connectivity index (χ2n) is 12.0. The van der Waals surface area contributed by atoms with Crippen molar-refractivity contribution >= 4 is 48.4 Å². The van der Waals surface area contributed by atoms with E-state index in [1.807, 2.05) is 11.3 Å². The van der Waals surface area contributed by atoms with Crippen LogP contribution in [0, 0.1) is 0 Å². The molecule has 1 heterocycles. The third-order valence-electron chi connectivity index (χ3n) is 9.31. The molecule has 212 valence electrons. The molecular weight excluding hydrogens is 561 g/mol. The maximum absolute atomic E-state index is 2.43. The first-order valence-electron chi connectivity index (χ1n) is 15.7. The smallest absolute Gasteiger partial charge is 0.0355 e. The highest BCUT2D eigenvalue weighted by molar-refractivity contribution is 7.25. The molecule has 0 atom stereocenters. The van der Waals surface area contributed by atoms with Gasteiger partial charge >= 0.3 is 0 Å². The molecule has 0 saturated carbocycles. The molecule has 7 aromatic carbocycles. The lowest BCUT2D eigenvalue weighted by atomic mass is 9.79. The highest BCUT2D eigenvalue weighted by Gasteiger charge is 2.23. The number of thiophene rings is 1. The van der Waals surface area contributed by atoms with Gasteiger partial charge in [-0.1, -0.05) is 121 Å². The van der Waals surface area contributed by atoms with E-state index in [-0.39, 0.29) is 0 Å². The molecule has 1 aromatic heterocycles. The molecule has 0 radical (unpaired) electrons. The van der Waals surface area contributed by atoms with Gasteiger partial charge in [-0.05, 0) is 116 Å². The van der Waals surface area contributed by atoms with Crippen molar-refractivity contribution in [3.8, 4) is 44.5 Å². The van der Waals surface area contributed by atoms with Gasteiger partial charge in [0.25, 0.3) is 0 Å². The Morgan fingerprint density at radius 3 is 1.69 bits per heavy atom. The van der Waals surface area contributed by atoms with Crippen LogP contribution in [0.3, 0.4) is 0 Å². The fraction of sp³-hybridized carbons (Fsp3) is 0.0455. The Morgan fingerprint density at radius 1 is 0.400 bits per heavy atom. The van der Waals surface area contributed by atoms with Crippen molar-refractivity contribution in [2.45, 2.75) is 12.8 Å². The summed E-state index contributed by atoms with van der Waals surface area (Å²) in [5.41, 5.74) is 13.1. The summed E-state index contributed by atoms with van der Waals surface area (Å²) in [5, 5.41) is 5.32. The largest absolute Gasteiger partial charge is 0.135 e. The molecule has 0 aliphatic heterocycles. The van der Waals surface area contributed by atoms with Crippen LogP contribution in [0.4, 0.5) is 0 Å². The maximum Gasteiger partial charge on any atom is 0.0355 e. The van der Waals surface area contributed by atoms with Crippen LogP contribution in [0.2, 0.25) is 0 Å². The highest BCUT2D eigenvalue weighted by Crippen LogP contribution is 2.47. The Labute approximate surface area is 267 Å². The van der Waals surface area contributed by atoms with Gasteiger partial charge in [-0.15, -0.1) is 11.3 Å². The van der Waals surface area contributed by atoms with Crippen molar-refractivity contribution in [1.29, 1.82) is 0 Å². The summed E-state index contributed by atoms with van der Waals surface area (Å²) >= 11 is 1.88. The van der Waals surface area contributed by atoms with Crippen molar-refractivity contribution in [1.82, 2.24) is 0 Å². The van der Waals surface area contributed by atoms with E-state index >= 15 is 0 Å². The molecule has 0 nitrogen and oxygen atoms in total. The second kappa shape index (κ2) is 10.7. The molecule has 0 spiro atoms. The molecule has 1 aliphatic carbocycles. The minimum Gasteiger partial charge on any atom is -0.135 e. The Hall–Kier alpha value is -5.24. The van der Waals surface area contributed by atoms with Crippen molar-refractivity contribution in [3.05, 3.63) is 163 Å². The van der Waals surface area contributed by atoms with E-state index in [1.54, 1.807) is 0 Å². The molecule has 0 fully saturated rings. The first-order valence-corrected chi connectivity index (χ1v) is 16.6. The van der Waals surface area contributed by atoms with E-state index in [9.17, 15) is 0 Å². The summed E-state index contributed by atoms with van der Waals surface area (Å²) in [6.45, 7) is 0. The summed E-state index contributed by atoms with van der Waals surface area (Å²) in [4.78, 5) is 0. The van der Waals surface area contributed by atoms with Gasteiger partial charge in [0.2, 0.25) is 0 Å². The summed E-state index contributed by atoms with van der Waals surface area (Å²) in [6.07, 6.45) is 6.83. The van der Waals surface area contributed by atoms with Gasteiger partial charge in [-0.3, -0.25) is 0 Å². The monoisotopic (exact) mass is 590 g/mol. The van der Waals surface area contributed by atoms with E-state index in [4.69, 9.17) is 0 Å². The van der Waals surface area contributed by atoms with Crippen LogP contribution in [0.25, 0.3) is 81.5 Å². The van der Waals surface area contributed by atoms with Gasteiger partial charge in [0.05, 0.1) is 0 Å². The summed E-state index contributed by atoms with van der Waals surface area (Å²) in [6, 6.07) is 53.7. The van der Waals surface area contributed by atoms with E-state index in [0.29, 0.717) is 0 Å². The van der Waals surface area contributed by atoms with Crippen molar-refractivity contribution < 1.29 is 0 Å². The first-order chi connectivity index (χ1) is 22.3. The van der Waals surface area contributed by atoms with Gasteiger partial charge in [-0.2, -0.15) is 0 Å². The van der Waals surface area contributed by atoms with Gasteiger partial charge in [0, 0.05) is 20.2 Å². The van der Waals surface area contributed by atoms with Crippen LogP contribution in [0.1, 0.15) is 17.5 Å². The fourth-order valence-electron chi connectivity index (χ4n) is 7.27. The average molecular weight is 591 g/mol. The van der Waals surface area contributed by atoms with Crippen molar-refractivity contribution in [2.24, 2.45) is 0 Å².